The van der Waals surface area contributed by atoms with Gasteiger partial charge >= 0.3 is 0 Å². The van der Waals surface area contributed by atoms with Crippen LogP contribution in [0, 0.1) is 10.1 Å². The van der Waals surface area contributed by atoms with E-state index in [9.17, 15) is 10.1 Å². The van der Waals surface area contributed by atoms with E-state index in [4.69, 9.17) is 9.15 Å². The second kappa shape index (κ2) is 9.13. The summed E-state index contributed by atoms with van der Waals surface area (Å²) < 4.78 is 11.7. The minimum Gasteiger partial charge on any atom is -0.492 e. The van der Waals surface area contributed by atoms with Crippen molar-refractivity contribution in [3.63, 3.8) is 0 Å². The first-order valence-electron chi connectivity index (χ1n) is 10.4. The number of aromatic nitrogens is 2. The van der Waals surface area contributed by atoms with Crippen LogP contribution in [0.25, 0.3) is 11.5 Å². The van der Waals surface area contributed by atoms with Gasteiger partial charge in [0, 0.05) is 43.9 Å². The van der Waals surface area contributed by atoms with Gasteiger partial charge in [-0.1, -0.05) is 12.1 Å². The van der Waals surface area contributed by atoms with Gasteiger partial charge in [0.05, 0.1) is 23.3 Å². The van der Waals surface area contributed by atoms with Crippen molar-refractivity contribution in [2.24, 2.45) is 0 Å². The topological polar surface area (TPSA) is 97.8 Å². The molecule has 1 fully saturated rings. The maximum atomic E-state index is 10.8. The maximum absolute atomic E-state index is 10.8. The Morgan fingerprint density at radius 2 is 1.81 bits per heavy atom. The molecule has 162 valence electrons. The Morgan fingerprint density at radius 3 is 2.48 bits per heavy atom. The molecule has 2 aromatic carbocycles. The molecule has 31 heavy (non-hydrogen) atoms. The van der Waals surface area contributed by atoms with E-state index in [2.05, 4.69) is 33.0 Å². The summed E-state index contributed by atoms with van der Waals surface area (Å²) in [6.45, 7) is 8.15. The molecular weight excluding hydrogens is 398 g/mol. The highest BCUT2D eigenvalue weighted by Gasteiger charge is 2.27. The van der Waals surface area contributed by atoms with Crippen LogP contribution in [-0.4, -0.2) is 52.8 Å². The average Bonchev–Trinajstić information content (AvgIpc) is 3.30. The van der Waals surface area contributed by atoms with Crippen LogP contribution in [0.4, 0.5) is 11.4 Å². The number of piperazine rings is 1. The molecule has 2 heterocycles. The van der Waals surface area contributed by atoms with Gasteiger partial charge in [-0.15, -0.1) is 10.2 Å². The molecule has 1 aliphatic rings. The zero-order valence-corrected chi connectivity index (χ0v) is 17.6. The number of anilines is 1. The fourth-order valence-corrected chi connectivity index (χ4v) is 3.75. The van der Waals surface area contributed by atoms with Gasteiger partial charge in [0.1, 0.15) is 5.75 Å². The molecule has 4 rings (SSSR count). The molecule has 1 aromatic heterocycles. The Bertz CT molecular complexity index is 1030. The van der Waals surface area contributed by atoms with Gasteiger partial charge in [-0.05, 0) is 38.1 Å². The smallest absolute Gasteiger partial charge is 0.269 e. The summed E-state index contributed by atoms with van der Waals surface area (Å²) in [6, 6.07) is 14.2. The van der Waals surface area contributed by atoms with Crippen LogP contribution in [0.2, 0.25) is 0 Å². The Kier molecular flexibility index (Phi) is 6.13. The number of non-ortho nitro benzene ring substituents is 1. The number of benzene rings is 2. The molecule has 9 heteroatoms. The van der Waals surface area contributed by atoms with E-state index in [1.54, 1.807) is 12.1 Å². The summed E-state index contributed by atoms with van der Waals surface area (Å²) in [4.78, 5) is 15.0. The summed E-state index contributed by atoms with van der Waals surface area (Å²) in [6.07, 6.45) is 0. The van der Waals surface area contributed by atoms with Crippen LogP contribution < -0.4 is 9.64 Å². The van der Waals surface area contributed by atoms with Crippen LogP contribution in [0.1, 0.15) is 25.8 Å². The van der Waals surface area contributed by atoms with Crippen LogP contribution in [0.15, 0.2) is 52.9 Å². The maximum Gasteiger partial charge on any atom is 0.269 e. The molecule has 1 atom stereocenters. The van der Waals surface area contributed by atoms with Gasteiger partial charge in [0.2, 0.25) is 11.8 Å². The third-order valence-corrected chi connectivity index (χ3v) is 5.49. The second-order valence-electron chi connectivity index (χ2n) is 7.35. The monoisotopic (exact) mass is 423 g/mol. The van der Waals surface area contributed by atoms with E-state index in [1.807, 2.05) is 25.1 Å². The summed E-state index contributed by atoms with van der Waals surface area (Å²) in [5.41, 5.74) is 1.81. The van der Waals surface area contributed by atoms with Gasteiger partial charge in [0.15, 0.2) is 0 Å². The first-order valence-corrected chi connectivity index (χ1v) is 10.4. The largest absolute Gasteiger partial charge is 0.492 e. The lowest BCUT2D eigenvalue weighted by atomic mass is 10.2. The number of para-hydroxylation sites is 2. The average molecular weight is 423 g/mol. The number of nitrogens with zero attached hydrogens (tertiary/aromatic N) is 5. The van der Waals surface area contributed by atoms with Crippen molar-refractivity contribution in [3.05, 3.63) is 64.5 Å². The van der Waals surface area contributed by atoms with Crippen molar-refractivity contribution < 1.29 is 14.1 Å². The Hall–Kier alpha value is -3.46. The second-order valence-corrected chi connectivity index (χ2v) is 7.35. The molecule has 0 N–H and O–H groups in total. The van der Waals surface area contributed by atoms with Gasteiger partial charge in [0.25, 0.3) is 5.69 Å². The molecule has 9 nitrogen and oxygen atoms in total. The molecule has 0 spiro atoms. The minimum atomic E-state index is -0.433. The molecule has 0 bridgehead atoms. The predicted octanol–water partition coefficient (Wildman–Crippen LogP) is 3.93. The van der Waals surface area contributed by atoms with Crippen molar-refractivity contribution in [1.82, 2.24) is 15.1 Å². The molecular formula is C22H25N5O4. The Morgan fingerprint density at radius 1 is 1.10 bits per heavy atom. The van der Waals surface area contributed by atoms with Crippen LogP contribution in [0.3, 0.4) is 0 Å². The predicted molar refractivity (Wildman–Crippen MR) is 116 cm³/mol. The summed E-state index contributed by atoms with van der Waals surface area (Å²) in [5.74, 6) is 1.81. The fourth-order valence-electron chi connectivity index (χ4n) is 3.75. The molecule has 1 saturated heterocycles. The highest BCUT2D eigenvalue weighted by atomic mass is 16.6. The number of nitro benzene ring substituents is 1. The number of nitro groups is 1. The van der Waals surface area contributed by atoms with Gasteiger partial charge in [-0.25, -0.2) is 0 Å². The highest BCUT2D eigenvalue weighted by molar-refractivity contribution is 5.59. The number of hydrogen-bond donors (Lipinski definition) is 0. The minimum absolute atomic E-state index is 0.0245. The standard InChI is InChI=1S/C22H25N5O4/c1-3-30-20-7-5-4-6-19(20)26-14-12-25(13-15-26)16(2)21-23-24-22(31-21)17-8-10-18(11-9-17)27(28)29/h4-11,16H,3,12-15H2,1-2H3/t16-/m1/s1. The molecule has 0 radical (unpaired) electrons. The van der Waals surface area contributed by atoms with Crippen LogP contribution in [0.5, 0.6) is 5.75 Å². The first kappa shape index (κ1) is 20.8. The lowest BCUT2D eigenvalue weighted by Gasteiger charge is -2.38. The molecule has 0 amide bonds. The lowest BCUT2D eigenvalue weighted by Crippen LogP contribution is -2.47. The third kappa shape index (κ3) is 4.51. The SMILES string of the molecule is CCOc1ccccc1N1CCN([C@H](C)c2nnc(-c3ccc([N+](=O)[O-])cc3)o2)CC1. The number of hydrogen-bond acceptors (Lipinski definition) is 8. The third-order valence-electron chi connectivity index (χ3n) is 5.49. The lowest BCUT2D eigenvalue weighted by molar-refractivity contribution is -0.384. The first-order chi connectivity index (χ1) is 15.1. The quantitative estimate of drug-likeness (QED) is 0.416. The Balaban J connectivity index is 1.40. The van der Waals surface area contributed by atoms with E-state index in [0.717, 1.165) is 37.6 Å². The molecule has 0 unspecified atom stereocenters. The van der Waals surface area contributed by atoms with E-state index >= 15 is 0 Å². The molecule has 0 saturated carbocycles. The van der Waals surface area contributed by atoms with Gasteiger partial charge in [-0.3, -0.25) is 15.0 Å². The zero-order chi connectivity index (χ0) is 21.8. The number of rotatable bonds is 7. The normalized spacial score (nSPS) is 15.6. The van der Waals surface area contributed by atoms with E-state index in [1.165, 1.54) is 12.1 Å². The van der Waals surface area contributed by atoms with Crippen molar-refractivity contribution >= 4 is 11.4 Å². The van der Waals surface area contributed by atoms with E-state index < -0.39 is 4.92 Å². The highest BCUT2D eigenvalue weighted by Crippen LogP contribution is 2.31. The molecule has 3 aromatic rings. The van der Waals surface area contributed by atoms with Crippen molar-refractivity contribution in [2.75, 3.05) is 37.7 Å². The van der Waals surface area contributed by atoms with Crippen molar-refractivity contribution in [3.8, 4) is 17.2 Å². The molecule has 0 aliphatic carbocycles. The summed E-state index contributed by atoms with van der Waals surface area (Å²) in [7, 11) is 0. The van der Waals surface area contributed by atoms with Crippen LogP contribution in [-0.2, 0) is 0 Å². The van der Waals surface area contributed by atoms with Crippen LogP contribution >= 0.6 is 0 Å². The van der Waals surface area contributed by atoms with Gasteiger partial charge < -0.3 is 14.1 Å². The van der Waals surface area contributed by atoms with Crippen molar-refractivity contribution in [2.45, 2.75) is 19.9 Å². The molecule has 1 aliphatic heterocycles. The van der Waals surface area contributed by atoms with Crippen molar-refractivity contribution in [1.29, 1.82) is 0 Å². The van der Waals surface area contributed by atoms with E-state index in [0.29, 0.717) is 24.0 Å². The van der Waals surface area contributed by atoms with E-state index in [-0.39, 0.29) is 11.7 Å². The van der Waals surface area contributed by atoms with Gasteiger partial charge in [-0.2, -0.15) is 0 Å². The number of ether oxygens (including phenoxy) is 1. The summed E-state index contributed by atoms with van der Waals surface area (Å²) in [5, 5.41) is 19.2. The zero-order valence-electron chi connectivity index (χ0n) is 17.6. The summed E-state index contributed by atoms with van der Waals surface area (Å²) >= 11 is 0. The fraction of sp³-hybridized carbons (Fsp3) is 0.364. The Labute approximate surface area is 180 Å².